The Kier molecular flexibility index (Phi) is 5.78. The molecule has 0 aromatic heterocycles. The summed E-state index contributed by atoms with van der Waals surface area (Å²) in [6, 6.07) is 6.01. The fourth-order valence-corrected chi connectivity index (χ4v) is 3.51. The zero-order valence-electron chi connectivity index (χ0n) is 15.3. The zero-order chi connectivity index (χ0) is 21.0. The molecule has 1 aromatic rings. The number of sulfonamides is 1. The van der Waals surface area contributed by atoms with Crippen LogP contribution in [0.5, 0.6) is 0 Å². The standard InChI is InChI=1S/C18H17N3O7S/c1-27-17(23)12-2-5-14(6-3-12)19-16(22)11-28-18(24)13-4-7-15-20-29(25,26)9-8-21(15)10-13/h2-7,10H,8-9,11H2,1H3,(H,19,22). The summed E-state index contributed by atoms with van der Waals surface area (Å²) in [6.45, 7) is -0.345. The average molecular weight is 419 g/mol. The number of ether oxygens (including phenoxy) is 2. The van der Waals surface area contributed by atoms with Gasteiger partial charge in [0.25, 0.3) is 15.9 Å². The summed E-state index contributed by atoms with van der Waals surface area (Å²) >= 11 is 0. The minimum absolute atomic E-state index is 0.152. The molecule has 0 bridgehead atoms. The number of rotatable bonds is 5. The molecule has 0 radical (unpaired) electrons. The van der Waals surface area contributed by atoms with Crippen LogP contribution < -0.4 is 5.32 Å². The molecule has 0 atom stereocenters. The molecule has 2 heterocycles. The van der Waals surface area contributed by atoms with Crippen LogP contribution in [-0.4, -0.2) is 63.0 Å². The van der Waals surface area contributed by atoms with E-state index in [1.165, 1.54) is 54.6 Å². The Bertz CT molecular complexity index is 1040. The molecule has 1 amide bonds. The lowest BCUT2D eigenvalue weighted by Gasteiger charge is -2.26. The quantitative estimate of drug-likeness (QED) is 0.681. The molecule has 11 heteroatoms. The van der Waals surface area contributed by atoms with Crippen LogP contribution in [0.1, 0.15) is 10.4 Å². The van der Waals surface area contributed by atoms with Gasteiger partial charge in [-0.1, -0.05) is 0 Å². The number of carbonyl (C=O) groups excluding carboxylic acids is 3. The van der Waals surface area contributed by atoms with Gasteiger partial charge in [0.15, 0.2) is 6.61 Å². The summed E-state index contributed by atoms with van der Waals surface area (Å²) < 4.78 is 36.2. The molecule has 2 aliphatic heterocycles. The second-order valence-electron chi connectivity index (χ2n) is 6.04. The third-order valence-corrected chi connectivity index (χ3v) is 5.15. The van der Waals surface area contributed by atoms with Crippen molar-refractivity contribution in [1.29, 1.82) is 0 Å². The number of esters is 2. The molecular weight excluding hydrogens is 402 g/mol. The van der Waals surface area contributed by atoms with Gasteiger partial charge in [-0.15, -0.1) is 4.40 Å². The van der Waals surface area contributed by atoms with E-state index in [0.717, 1.165) is 0 Å². The lowest BCUT2D eigenvalue weighted by Crippen LogP contribution is -2.37. The predicted octanol–water partition coefficient (Wildman–Crippen LogP) is 0.453. The molecular formula is C18H17N3O7S. The lowest BCUT2D eigenvalue weighted by atomic mass is 10.2. The van der Waals surface area contributed by atoms with Crippen molar-refractivity contribution >= 4 is 39.4 Å². The summed E-state index contributed by atoms with van der Waals surface area (Å²) in [4.78, 5) is 37.0. The Labute approximate surface area is 166 Å². The molecule has 1 N–H and O–H groups in total. The first-order valence-corrected chi connectivity index (χ1v) is 10.0. The number of methoxy groups -OCH3 is 1. The van der Waals surface area contributed by atoms with Gasteiger partial charge in [-0.3, -0.25) is 4.79 Å². The van der Waals surface area contributed by atoms with Crippen LogP contribution in [0.3, 0.4) is 0 Å². The molecule has 10 nitrogen and oxygen atoms in total. The van der Waals surface area contributed by atoms with E-state index in [0.29, 0.717) is 11.3 Å². The maximum absolute atomic E-state index is 12.2. The van der Waals surface area contributed by atoms with Crippen molar-refractivity contribution in [2.24, 2.45) is 4.40 Å². The average Bonchev–Trinajstić information content (AvgIpc) is 2.71. The molecule has 2 aliphatic rings. The topological polar surface area (TPSA) is 131 Å². The summed E-state index contributed by atoms with van der Waals surface area (Å²) in [5, 5.41) is 2.54. The minimum atomic E-state index is -3.48. The third kappa shape index (κ3) is 5.08. The van der Waals surface area contributed by atoms with Crippen molar-refractivity contribution in [3.63, 3.8) is 0 Å². The maximum atomic E-state index is 12.2. The highest BCUT2D eigenvalue weighted by molar-refractivity contribution is 7.90. The highest BCUT2D eigenvalue weighted by Gasteiger charge is 2.25. The van der Waals surface area contributed by atoms with Crippen molar-refractivity contribution in [3.8, 4) is 0 Å². The molecule has 152 valence electrons. The summed E-state index contributed by atoms with van der Waals surface area (Å²) in [6.07, 6.45) is 4.21. The summed E-state index contributed by atoms with van der Waals surface area (Å²) in [5.74, 6) is -1.72. The molecule has 1 aromatic carbocycles. The van der Waals surface area contributed by atoms with Gasteiger partial charge in [0.05, 0.1) is 24.0 Å². The molecule has 29 heavy (non-hydrogen) atoms. The Balaban J connectivity index is 1.53. The second-order valence-corrected chi connectivity index (χ2v) is 7.79. The van der Waals surface area contributed by atoms with Gasteiger partial charge in [-0.25, -0.2) is 18.0 Å². The highest BCUT2D eigenvalue weighted by atomic mass is 32.2. The van der Waals surface area contributed by atoms with Crippen LogP contribution in [-0.2, 0) is 29.1 Å². The SMILES string of the molecule is COC(=O)c1ccc(NC(=O)COC(=O)C2=CN3CCS(=O)(=O)N=C3C=C2)cc1. The Morgan fingerprint density at radius 2 is 1.86 bits per heavy atom. The second kappa shape index (κ2) is 8.27. The van der Waals surface area contributed by atoms with E-state index in [9.17, 15) is 22.8 Å². The normalized spacial score (nSPS) is 16.8. The molecule has 0 unspecified atom stereocenters. The number of benzene rings is 1. The number of fused-ring (bicyclic) bond motifs is 1. The maximum Gasteiger partial charge on any atom is 0.340 e. The monoisotopic (exact) mass is 419 g/mol. The molecule has 0 saturated heterocycles. The van der Waals surface area contributed by atoms with Crippen LogP contribution in [0.4, 0.5) is 5.69 Å². The first-order chi connectivity index (χ1) is 13.8. The van der Waals surface area contributed by atoms with Crippen molar-refractivity contribution in [2.45, 2.75) is 0 Å². The van der Waals surface area contributed by atoms with Gasteiger partial charge in [0, 0.05) is 18.4 Å². The number of carbonyl (C=O) groups is 3. The van der Waals surface area contributed by atoms with E-state index in [4.69, 9.17) is 4.74 Å². The van der Waals surface area contributed by atoms with E-state index >= 15 is 0 Å². The van der Waals surface area contributed by atoms with E-state index in [1.54, 1.807) is 0 Å². The zero-order valence-corrected chi connectivity index (χ0v) is 16.1. The van der Waals surface area contributed by atoms with Crippen molar-refractivity contribution in [3.05, 3.63) is 53.8 Å². The van der Waals surface area contributed by atoms with E-state index < -0.39 is 34.5 Å². The molecule has 0 saturated carbocycles. The van der Waals surface area contributed by atoms with Crippen LogP contribution >= 0.6 is 0 Å². The van der Waals surface area contributed by atoms with Crippen LogP contribution in [0.15, 0.2) is 52.6 Å². The number of amides is 1. The summed E-state index contributed by atoms with van der Waals surface area (Å²) in [5.41, 5.74) is 0.922. The van der Waals surface area contributed by atoms with Gasteiger partial charge >= 0.3 is 11.9 Å². The third-order valence-electron chi connectivity index (χ3n) is 3.98. The Morgan fingerprint density at radius 1 is 1.14 bits per heavy atom. The van der Waals surface area contributed by atoms with Crippen molar-refractivity contribution < 1.29 is 32.3 Å². The predicted molar refractivity (Wildman–Crippen MR) is 103 cm³/mol. The van der Waals surface area contributed by atoms with Gasteiger partial charge in [-0.2, -0.15) is 0 Å². The molecule has 0 fully saturated rings. The van der Waals surface area contributed by atoms with Crippen molar-refractivity contribution in [1.82, 2.24) is 4.90 Å². The van der Waals surface area contributed by atoms with Crippen molar-refractivity contribution in [2.75, 3.05) is 31.3 Å². The van der Waals surface area contributed by atoms with Gasteiger partial charge in [0.2, 0.25) is 0 Å². The van der Waals surface area contributed by atoms with E-state index in [1.807, 2.05) is 0 Å². The highest BCUT2D eigenvalue weighted by Crippen LogP contribution is 2.16. The number of amidine groups is 1. The fourth-order valence-electron chi connectivity index (χ4n) is 2.54. The number of nitrogens with zero attached hydrogens (tertiary/aromatic N) is 2. The minimum Gasteiger partial charge on any atom is -0.465 e. The fraction of sp³-hybridized carbons (Fsp3) is 0.222. The van der Waals surface area contributed by atoms with Gasteiger partial charge in [0.1, 0.15) is 5.84 Å². The van der Waals surface area contributed by atoms with Gasteiger partial charge in [-0.05, 0) is 36.4 Å². The first-order valence-electron chi connectivity index (χ1n) is 8.42. The Morgan fingerprint density at radius 3 is 2.55 bits per heavy atom. The first kappa shape index (κ1) is 20.3. The number of nitrogens with one attached hydrogen (secondary N) is 1. The number of anilines is 1. The molecule has 0 spiro atoms. The van der Waals surface area contributed by atoms with Crippen LogP contribution in [0.2, 0.25) is 0 Å². The Hall–Kier alpha value is -3.47. The molecule has 0 aliphatic carbocycles. The van der Waals surface area contributed by atoms with Gasteiger partial charge < -0.3 is 19.7 Å². The van der Waals surface area contributed by atoms with Crippen LogP contribution in [0, 0.1) is 0 Å². The molecule has 3 rings (SSSR count). The number of hydrogen-bond acceptors (Lipinski definition) is 8. The van der Waals surface area contributed by atoms with E-state index in [2.05, 4.69) is 14.5 Å². The smallest absolute Gasteiger partial charge is 0.340 e. The van der Waals surface area contributed by atoms with Crippen LogP contribution in [0.25, 0.3) is 0 Å². The summed E-state index contributed by atoms with van der Waals surface area (Å²) in [7, 11) is -2.21. The number of hydrogen-bond donors (Lipinski definition) is 1. The van der Waals surface area contributed by atoms with E-state index in [-0.39, 0.29) is 23.7 Å². The largest absolute Gasteiger partial charge is 0.465 e. The lowest BCUT2D eigenvalue weighted by molar-refractivity contribution is -0.143.